The molecule has 0 unspecified atom stereocenters. The largest absolute Gasteiger partial charge is 0.461 e. The highest BCUT2D eigenvalue weighted by molar-refractivity contribution is 8.05. The number of hydrogen-bond acceptors (Lipinski definition) is 13. The highest BCUT2D eigenvalue weighted by Gasteiger charge is 2.35. The van der Waals surface area contributed by atoms with Crippen LogP contribution in [0.5, 0.6) is 0 Å². The summed E-state index contributed by atoms with van der Waals surface area (Å²) in [5.74, 6) is 1.38. The van der Waals surface area contributed by atoms with Crippen LogP contribution in [0.15, 0.2) is 224 Å². The first-order valence-corrected chi connectivity index (χ1v) is 28.7. The number of para-hydroxylation sites is 1. The van der Waals surface area contributed by atoms with Crippen LogP contribution in [0.1, 0.15) is 0 Å². The van der Waals surface area contributed by atoms with Crippen LogP contribution in [-0.4, -0.2) is 54.1 Å². The summed E-state index contributed by atoms with van der Waals surface area (Å²) in [5.41, 5.74) is 5.15. The third-order valence-electron chi connectivity index (χ3n) is 11.0. The molecule has 1 amide bonds. The van der Waals surface area contributed by atoms with E-state index in [4.69, 9.17) is 14.5 Å². The van der Waals surface area contributed by atoms with Crippen LogP contribution < -0.4 is 5.32 Å². The van der Waals surface area contributed by atoms with Crippen molar-refractivity contribution in [2.45, 2.75) is 53.3 Å². The number of carbonyl (C=O) groups is 2. The summed E-state index contributed by atoms with van der Waals surface area (Å²) >= 11 is 14.3. The Morgan fingerprint density at radius 1 is 0.559 bits per heavy atom. The molecule has 0 saturated carbocycles. The van der Waals surface area contributed by atoms with Crippen molar-refractivity contribution < 1.29 is 19.1 Å². The van der Waals surface area contributed by atoms with Crippen molar-refractivity contribution in [3.63, 3.8) is 0 Å². The normalized spacial score (nSPS) is 12.6. The molecule has 10 rings (SSSR count). The molecule has 3 heterocycles. The predicted octanol–water partition coefficient (Wildman–Crippen LogP) is 16.0. The molecule has 14 heteroatoms. The van der Waals surface area contributed by atoms with Gasteiger partial charge in [-0.1, -0.05) is 162 Å². The van der Waals surface area contributed by atoms with Gasteiger partial charge in [-0.05, 0) is 82.9 Å². The lowest BCUT2D eigenvalue weighted by molar-refractivity contribution is -0.137. The number of nitrogens with one attached hydrogen (secondary N) is 1. The number of rotatable bonds is 17. The van der Waals surface area contributed by atoms with Gasteiger partial charge in [0.1, 0.15) is 13.2 Å². The van der Waals surface area contributed by atoms with Crippen molar-refractivity contribution in [2.75, 3.05) is 37.0 Å². The number of esters is 1. The molecule has 6 nitrogen and oxygen atoms in total. The van der Waals surface area contributed by atoms with Gasteiger partial charge in [0.25, 0.3) is 0 Å². The summed E-state index contributed by atoms with van der Waals surface area (Å²) in [6.07, 6.45) is 0.537. The molecule has 0 bridgehead atoms. The second-order valence-corrected chi connectivity index (χ2v) is 24.3. The lowest BCUT2D eigenvalue weighted by Gasteiger charge is -2.33. The molecular weight excluding hydrogens is 997 g/mol. The van der Waals surface area contributed by atoms with E-state index in [9.17, 15) is 9.59 Å². The van der Waals surface area contributed by atoms with E-state index in [-0.39, 0.29) is 19.8 Å². The molecule has 68 heavy (non-hydrogen) atoms. The number of amides is 1. The van der Waals surface area contributed by atoms with Gasteiger partial charge in [0.2, 0.25) is 0 Å². The Morgan fingerprint density at radius 2 is 1.04 bits per heavy atom. The van der Waals surface area contributed by atoms with E-state index in [1.54, 1.807) is 23.1 Å². The zero-order chi connectivity index (χ0) is 46.3. The number of nitrogens with zero attached hydrogens (tertiary/aromatic N) is 1. The second-order valence-electron chi connectivity index (χ2n) is 15.7. The van der Waals surface area contributed by atoms with Gasteiger partial charge >= 0.3 is 12.1 Å². The number of hydrogen-bond donors (Lipinski definition) is 1. The van der Waals surface area contributed by atoms with E-state index in [1.165, 1.54) is 61.4 Å². The maximum atomic E-state index is 13.5. The summed E-state index contributed by atoms with van der Waals surface area (Å²) in [5, 5.41) is 2.80. The summed E-state index contributed by atoms with van der Waals surface area (Å²) < 4.78 is 13.5. The maximum Gasteiger partial charge on any atom is 0.407 e. The van der Waals surface area contributed by atoms with Crippen molar-refractivity contribution in [1.29, 1.82) is 0 Å². The van der Waals surface area contributed by atoms with Crippen molar-refractivity contribution in [3.05, 3.63) is 170 Å². The minimum Gasteiger partial charge on any atom is -0.461 e. The molecule has 2 aliphatic heterocycles. The van der Waals surface area contributed by atoms with Gasteiger partial charge in [-0.2, -0.15) is 0 Å². The first kappa shape index (κ1) is 47.1. The van der Waals surface area contributed by atoms with E-state index in [2.05, 4.69) is 157 Å². The lowest BCUT2D eigenvalue weighted by atomic mass is 9.97. The highest BCUT2D eigenvalue weighted by Crippen LogP contribution is 2.54. The van der Waals surface area contributed by atoms with Crippen molar-refractivity contribution in [3.8, 4) is 22.3 Å². The molecule has 1 aromatic heterocycles. The average Bonchev–Trinajstić information content (AvgIpc) is 3.81. The minimum absolute atomic E-state index is 0.00889. The van der Waals surface area contributed by atoms with Crippen LogP contribution in [0.3, 0.4) is 0 Å². The molecule has 7 aromatic carbocycles. The van der Waals surface area contributed by atoms with Gasteiger partial charge in [0.15, 0.2) is 4.34 Å². The van der Waals surface area contributed by atoms with E-state index < -0.39 is 17.5 Å². The Bertz CT molecular complexity index is 2980. The van der Waals surface area contributed by atoms with Gasteiger partial charge in [0, 0.05) is 77.7 Å². The monoisotopic (exact) mass is 1040 g/mol. The molecule has 340 valence electrons. The number of alkyl carbamates (subject to hydrolysis) is 1. The number of aromatic nitrogens is 1. The fraction of sp³-hybridized carbons (Fsp3) is 0.130. The van der Waals surface area contributed by atoms with Crippen molar-refractivity contribution in [1.82, 2.24) is 10.3 Å². The van der Waals surface area contributed by atoms with Crippen LogP contribution in [0.2, 0.25) is 0 Å². The van der Waals surface area contributed by atoms with Gasteiger partial charge in [-0.25, -0.2) is 14.6 Å². The van der Waals surface area contributed by atoms with Gasteiger partial charge < -0.3 is 14.8 Å². The zero-order valence-electron chi connectivity index (χ0n) is 36.4. The van der Waals surface area contributed by atoms with Gasteiger partial charge in [-0.3, -0.25) is 0 Å². The predicted molar refractivity (Wildman–Crippen MR) is 288 cm³/mol. The van der Waals surface area contributed by atoms with E-state index in [0.717, 1.165) is 30.4 Å². The lowest BCUT2D eigenvalue weighted by Crippen LogP contribution is -2.39. The molecule has 0 fully saturated rings. The fourth-order valence-corrected chi connectivity index (χ4v) is 17.6. The zero-order valence-corrected chi connectivity index (χ0v) is 42.9. The maximum absolute atomic E-state index is 13.5. The minimum atomic E-state index is -0.568. The molecule has 0 spiro atoms. The van der Waals surface area contributed by atoms with Crippen molar-refractivity contribution >= 4 is 116 Å². The van der Waals surface area contributed by atoms with Crippen LogP contribution in [0, 0.1) is 5.41 Å². The van der Waals surface area contributed by atoms with E-state index >= 15 is 0 Å². The number of thioether (sulfide) groups is 3. The van der Waals surface area contributed by atoms with E-state index in [0.29, 0.717) is 17.3 Å². The van der Waals surface area contributed by atoms with Crippen LogP contribution in [-0.2, 0) is 14.3 Å². The molecule has 8 aromatic rings. The Balaban J connectivity index is 0.990. The van der Waals surface area contributed by atoms with Crippen LogP contribution in [0.25, 0.3) is 32.5 Å². The topological polar surface area (TPSA) is 77.5 Å². The molecule has 0 atom stereocenters. The van der Waals surface area contributed by atoms with E-state index in [1.807, 2.05) is 82.7 Å². The second kappa shape index (κ2) is 22.0. The standard InChI is InChI=1S/C54H42N2O4S8/c1-2-49(57)59-30-29-55-52(58)60-31-54(34-63-53-56-39-19-5-8-22-42(39)68-53,32-61-40-20-6-3-15-35(40)37-17-13-27-47-50(37)66-45-25-11-9-23-43(45)64-47)33-62-41-21-7-4-16-36(41)38-18-14-28-48-51(38)67-46-26-12-10-24-44(46)65-48/h2-28H,1,29-34H2,(H,55,58). The average molecular weight is 1040 g/mol. The molecule has 0 saturated heterocycles. The SMILES string of the molecule is C=CC(=O)OCCNC(=O)OCC(CSc1nc2ccccc2s1)(CSc1ccccc1-c1cccc2c1Sc1ccccc1S2)CSc1ccccc1-c1cccc2c1Sc1ccccc1S2. The van der Waals surface area contributed by atoms with Gasteiger partial charge in [0.05, 0.1) is 16.8 Å². The number of ether oxygens (including phenoxy) is 2. The Hall–Kier alpha value is -4.64. The summed E-state index contributed by atoms with van der Waals surface area (Å²) in [7, 11) is 0. The van der Waals surface area contributed by atoms with Gasteiger partial charge in [-0.15, -0.1) is 34.9 Å². The summed E-state index contributed by atoms with van der Waals surface area (Å²) in [6, 6.07) is 56.0. The molecule has 0 radical (unpaired) electrons. The molecule has 2 aliphatic rings. The Kier molecular flexibility index (Phi) is 15.2. The quantitative estimate of drug-likeness (QED) is 0.0408. The van der Waals surface area contributed by atoms with Crippen LogP contribution in [0.4, 0.5) is 4.79 Å². The third-order valence-corrected chi connectivity index (χ3v) is 21.6. The number of thiazole rings is 1. The Morgan fingerprint density at radius 3 is 1.62 bits per heavy atom. The first-order valence-electron chi connectivity index (χ1n) is 21.7. The first-order chi connectivity index (χ1) is 33.4. The van der Waals surface area contributed by atoms with Crippen molar-refractivity contribution in [2.24, 2.45) is 5.41 Å². The number of benzene rings is 7. The molecule has 1 N–H and O–H groups in total. The third kappa shape index (κ3) is 10.9. The van der Waals surface area contributed by atoms with Crippen LogP contribution >= 0.6 is 93.7 Å². The smallest absolute Gasteiger partial charge is 0.407 e. The number of carbonyl (C=O) groups excluding carboxylic acids is 2. The molecule has 0 aliphatic carbocycles. The highest BCUT2D eigenvalue weighted by atomic mass is 32.2. The summed E-state index contributed by atoms with van der Waals surface area (Å²) in [4.78, 5) is 42.7. The fourth-order valence-electron chi connectivity index (χ4n) is 7.62. The Labute approximate surface area is 430 Å². The summed E-state index contributed by atoms with van der Waals surface area (Å²) in [6.45, 7) is 3.72. The molecular formula is C54H42N2O4S8. The number of fused-ring (bicyclic) bond motifs is 5.